The Morgan fingerprint density at radius 3 is 2.68 bits per heavy atom. The number of rotatable bonds is 5. The van der Waals surface area contributed by atoms with Crippen LogP contribution in [0.5, 0.6) is 0 Å². The van der Waals surface area contributed by atoms with E-state index in [1.165, 1.54) is 5.56 Å². The van der Waals surface area contributed by atoms with Crippen molar-refractivity contribution in [2.45, 2.75) is 45.3 Å². The molecule has 3 unspecified atom stereocenters. The van der Waals surface area contributed by atoms with Crippen molar-refractivity contribution >= 4 is 6.03 Å². The zero-order valence-electron chi connectivity index (χ0n) is 15.4. The molecule has 2 N–H and O–H groups in total. The maximum absolute atomic E-state index is 12.4. The molecule has 1 aromatic carbocycles. The van der Waals surface area contributed by atoms with Crippen molar-refractivity contribution < 1.29 is 9.53 Å². The van der Waals surface area contributed by atoms with Gasteiger partial charge >= 0.3 is 6.03 Å². The first-order chi connectivity index (χ1) is 12.1. The van der Waals surface area contributed by atoms with Crippen LogP contribution in [0.25, 0.3) is 0 Å². The Labute approximate surface area is 151 Å². The quantitative estimate of drug-likeness (QED) is 0.862. The zero-order chi connectivity index (χ0) is 17.6. The second kappa shape index (κ2) is 8.68. The van der Waals surface area contributed by atoms with Crippen molar-refractivity contribution in [1.82, 2.24) is 15.5 Å². The first-order valence-corrected chi connectivity index (χ1v) is 9.53. The molecule has 3 atom stereocenters. The monoisotopic (exact) mass is 345 g/mol. The van der Waals surface area contributed by atoms with Crippen LogP contribution in [0.1, 0.15) is 32.3 Å². The lowest BCUT2D eigenvalue weighted by Gasteiger charge is -2.29. The van der Waals surface area contributed by atoms with Gasteiger partial charge in [-0.3, -0.25) is 4.90 Å². The number of nitrogens with zero attached hydrogens (tertiary/aromatic N) is 1. The fraction of sp³-hybridized carbons (Fsp3) is 0.650. The van der Waals surface area contributed by atoms with Gasteiger partial charge in [-0.1, -0.05) is 37.3 Å². The molecular weight excluding hydrogens is 314 g/mol. The summed E-state index contributed by atoms with van der Waals surface area (Å²) in [7, 11) is 0. The first-order valence-electron chi connectivity index (χ1n) is 9.53. The van der Waals surface area contributed by atoms with E-state index in [0.717, 1.165) is 45.7 Å². The molecule has 5 heteroatoms. The minimum absolute atomic E-state index is 0.0302. The fourth-order valence-electron chi connectivity index (χ4n) is 3.98. The number of carbonyl (C=O) groups excluding carboxylic acids is 1. The molecule has 0 radical (unpaired) electrons. The maximum atomic E-state index is 12.4. The van der Waals surface area contributed by atoms with Gasteiger partial charge in [0.1, 0.15) is 0 Å². The van der Waals surface area contributed by atoms with Crippen LogP contribution in [0.2, 0.25) is 0 Å². The molecule has 2 heterocycles. The van der Waals surface area contributed by atoms with E-state index in [9.17, 15) is 4.79 Å². The van der Waals surface area contributed by atoms with E-state index in [-0.39, 0.29) is 18.1 Å². The molecule has 3 rings (SSSR count). The van der Waals surface area contributed by atoms with Crippen molar-refractivity contribution in [3.05, 3.63) is 35.9 Å². The van der Waals surface area contributed by atoms with Gasteiger partial charge in [-0.15, -0.1) is 0 Å². The summed E-state index contributed by atoms with van der Waals surface area (Å²) in [5.41, 5.74) is 1.33. The minimum atomic E-state index is -0.0302. The van der Waals surface area contributed by atoms with Crippen molar-refractivity contribution in [1.29, 1.82) is 0 Å². The van der Waals surface area contributed by atoms with Crippen molar-refractivity contribution in [3.8, 4) is 0 Å². The van der Waals surface area contributed by atoms with Gasteiger partial charge < -0.3 is 15.4 Å². The predicted octanol–water partition coefficient (Wildman–Crippen LogP) is 2.62. The molecule has 2 aliphatic heterocycles. The molecule has 25 heavy (non-hydrogen) atoms. The lowest BCUT2D eigenvalue weighted by molar-refractivity contribution is 0.0570. The highest BCUT2D eigenvalue weighted by Crippen LogP contribution is 2.20. The van der Waals surface area contributed by atoms with Gasteiger partial charge in [0.25, 0.3) is 0 Å². The van der Waals surface area contributed by atoms with Gasteiger partial charge in [-0.2, -0.15) is 0 Å². The fourth-order valence-corrected chi connectivity index (χ4v) is 3.98. The van der Waals surface area contributed by atoms with Gasteiger partial charge in [-0.05, 0) is 37.2 Å². The Kier molecular flexibility index (Phi) is 6.32. The van der Waals surface area contributed by atoms with E-state index < -0.39 is 0 Å². The number of hydrogen-bond acceptors (Lipinski definition) is 3. The molecule has 2 fully saturated rings. The Hall–Kier alpha value is -1.59. The van der Waals surface area contributed by atoms with E-state index in [2.05, 4.69) is 53.6 Å². The molecule has 2 aliphatic rings. The van der Waals surface area contributed by atoms with E-state index >= 15 is 0 Å². The lowest BCUT2D eigenvalue weighted by atomic mass is 9.93. The predicted molar refractivity (Wildman–Crippen MR) is 99.3 cm³/mol. The number of urea groups is 1. The SMILES string of the molecule is CC1CN(Cc2ccccc2)CC1NC(=O)NC(C)C1CCOCC1. The maximum Gasteiger partial charge on any atom is 0.315 e. The summed E-state index contributed by atoms with van der Waals surface area (Å²) >= 11 is 0. The highest BCUT2D eigenvalue weighted by molar-refractivity contribution is 5.74. The number of hydrogen-bond donors (Lipinski definition) is 2. The summed E-state index contributed by atoms with van der Waals surface area (Å²) in [6.07, 6.45) is 2.07. The first kappa shape index (κ1) is 18.2. The molecule has 5 nitrogen and oxygen atoms in total. The highest BCUT2D eigenvalue weighted by atomic mass is 16.5. The number of amides is 2. The van der Waals surface area contributed by atoms with E-state index in [1.807, 2.05) is 6.07 Å². The van der Waals surface area contributed by atoms with Crippen molar-refractivity contribution in [3.63, 3.8) is 0 Å². The van der Waals surface area contributed by atoms with Gasteiger partial charge in [0, 0.05) is 44.9 Å². The smallest absolute Gasteiger partial charge is 0.315 e. The van der Waals surface area contributed by atoms with Crippen LogP contribution < -0.4 is 10.6 Å². The lowest BCUT2D eigenvalue weighted by Crippen LogP contribution is -2.50. The Morgan fingerprint density at radius 2 is 1.96 bits per heavy atom. The van der Waals surface area contributed by atoms with Crippen LogP contribution in [0.4, 0.5) is 4.79 Å². The minimum Gasteiger partial charge on any atom is -0.381 e. The molecule has 0 bridgehead atoms. The van der Waals surface area contributed by atoms with Crippen molar-refractivity contribution in [2.24, 2.45) is 11.8 Å². The number of ether oxygens (including phenoxy) is 1. The van der Waals surface area contributed by atoms with Crippen LogP contribution in [-0.4, -0.2) is 49.3 Å². The molecule has 1 aromatic rings. The largest absolute Gasteiger partial charge is 0.381 e. The summed E-state index contributed by atoms with van der Waals surface area (Å²) in [5.74, 6) is 0.989. The summed E-state index contributed by atoms with van der Waals surface area (Å²) < 4.78 is 5.40. The van der Waals surface area contributed by atoms with E-state index in [4.69, 9.17) is 4.74 Å². The second-order valence-corrected chi connectivity index (χ2v) is 7.62. The number of benzene rings is 1. The molecule has 138 valence electrons. The average molecular weight is 345 g/mol. The Morgan fingerprint density at radius 1 is 1.24 bits per heavy atom. The normalized spacial score (nSPS) is 26.3. The summed E-state index contributed by atoms with van der Waals surface area (Å²) in [4.78, 5) is 14.8. The number of nitrogens with one attached hydrogen (secondary N) is 2. The van der Waals surface area contributed by atoms with E-state index in [1.54, 1.807) is 0 Å². The van der Waals surface area contributed by atoms with Crippen LogP contribution in [0, 0.1) is 11.8 Å². The standard InChI is InChI=1S/C20H31N3O2/c1-15-12-23(13-17-6-4-3-5-7-17)14-19(15)22-20(24)21-16(2)18-8-10-25-11-9-18/h3-7,15-16,18-19H,8-14H2,1-2H3,(H2,21,22,24). The van der Waals surface area contributed by atoms with Crippen LogP contribution in [0.3, 0.4) is 0 Å². The molecule has 0 aliphatic carbocycles. The zero-order valence-corrected chi connectivity index (χ0v) is 15.4. The summed E-state index contributed by atoms with van der Waals surface area (Å²) in [5, 5.41) is 6.33. The van der Waals surface area contributed by atoms with Crippen LogP contribution in [0.15, 0.2) is 30.3 Å². The Bertz CT molecular complexity index is 545. The van der Waals surface area contributed by atoms with Crippen molar-refractivity contribution in [2.75, 3.05) is 26.3 Å². The summed E-state index contributed by atoms with van der Waals surface area (Å²) in [6.45, 7) is 8.83. The third kappa shape index (κ3) is 5.19. The third-order valence-electron chi connectivity index (χ3n) is 5.59. The molecular formula is C20H31N3O2. The van der Waals surface area contributed by atoms with Gasteiger partial charge in [-0.25, -0.2) is 4.79 Å². The third-order valence-corrected chi connectivity index (χ3v) is 5.59. The highest BCUT2D eigenvalue weighted by Gasteiger charge is 2.31. The number of carbonyl (C=O) groups is 1. The summed E-state index contributed by atoms with van der Waals surface area (Å²) in [6, 6.07) is 10.9. The van der Waals surface area contributed by atoms with Gasteiger partial charge in [0.05, 0.1) is 0 Å². The van der Waals surface area contributed by atoms with Gasteiger partial charge in [0.15, 0.2) is 0 Å². The number of likely N-dealkylation sites (tertiary alicyclic amines) is 1. The molecule has 2 amide bonds. The second-order valence-electron chi connectivity index (χ2n) is 7.62. The van der Waals surface area contributed by atoms with Gasteiger partial charge in [0.2, 0.25) is 0 Å². The molecule has 0 saturated carbocycles. The molecule has 0 spiro atoms. The molecule has 0 aromatic heterocycles. The molecule has 2 saturated heterocycles. The average Bonchev–Trinajstić information content (AvgIpc) is 2.95. The van der Waals surface area contributed by atoms with Crippen LogP contribution in [-0.2, 0) is 11.3 Å². The van der Waals surface area contributed by atoms with Crippen LogP contribution >= 0.6 is 0 Å². The Balaban J connectivity index is 1.44. The van der Waals surface area contributed by atoms with E-state index in [0.29, 0.717) is 11.8 Å². The topological polar surface area (TPSA) is 53.6 Å².